The van der Waals surface area contributed by atoms with Crippen molar-refractivity contribution in [2.75, 3.05) is 63.7 Å². The van der Waals surface area contributed by atoms with Crippen LogP contribution >= 0.6 is 23.5 Å². The van der Waals surface area contributed by atoms with Crippen LogP contribution in [-0.4, -0.2) is 63.7 Å². The van der Waals surface area contributed by atoms with Crippen molar-refractivity contribution in [3.05, 3.63) is 36.4 Å². The van der Waals surface area contributed by atoms with Gasteiger partial charge in [0.25, 0.3) is 0 Å². The molecule has 0 amide bonds. The molecular formula is C20H28O4S2. The molecule has 0 radical (unpaired) electrons. The Kier molecular flexibility index (Phi) is 10.7. The first-order valence-corrected chi connectivity index (χ1v) is 11.6. The fraction of sp³-hybridized carbons (Fsp3) is 0.500. The van der Waals surface area contributed by atoms with Crippen molar-refractivity contribution in [1.82, 2.24) is 0 Å². The van der Waals surface area contributed by atoms with Gasteiger partial charge in [0.05, 0.1) is 26.4 Å². The Bertz CT molecular complexity index is 581. The monoisotopic (exact) mass is 396 g/mol. The highest BCUT2D eigenvalue weighted by atomic mass is 32.2. The Labute approximate surface area is 164 Å². The highest BCUT2D eigenvalue weighted by molar-refractivity contribution is 7.98. The fourth-order valence-electron chi connectivity index (χ4n) is 2.41. The average Bonchev–Trinajstić information content (AvgIpc) is 2.67. The molecule has 0 N–H and O–H groups in total. The van der Waals surface area contributed by atoms with Crippen LogP contribution in [0.25, 0.3) is 10.8 Å². The second-order valence-electron chi connectivity index (χ2n) is 5.51. The Hall–Kier alpha value is -1.08. The smallest absolute Gasteiger partial charge is 0.127 e. The van der Waals surface area contributed by atoms with Gasteiger partial charge in [-0.15, -0.1) is 0 Å². The number of rotatable bonds is 14. The summed E-state index contributed by atoms with van der Waals surface area (Å²) in [4.78, 5) is 0. The molecular weight excluding hydrogens is 368 g/mol. The van der Waals surface area contributed by atoms with Crippen LogP contribution in [0.4, 0.5) is 0 Å². The molecule has 0 unspecified atom stereocenters. The van der Waals surface area contributed by atoms with Crippen molar-refractivity contribution in [1.29, 1.82) is 0 Å². The van der Waals surface area contributed by atoms with Gasteiger partial charge >= 0.3 is 0 Å². The second-order valence-corrected chi connectivity index (χ2v) is 7.49. The molecule has 4 nitrogen and oxygen atoms in total. The zero-order chi connectivity index (χ0) is 18.5. The number of hydrogen-bond acceptors (Lipinski definition) is 6. The topological polar surface area (TPSA) is 36.9 Å². The van der Waals surface area contributed by atoms with Gasteiger partial charge in [-0.3, -0.25) is 0 Å². The summed E-state index contributed by atoms with van der Waals surface area (Å²) in [7, 11) is 0. The standard InChI is InChI=1S/C20H28O4S2/c1-25-15-13-21-9-11-23-19-7-3-6-18-17(19)5-4-8-20(18)24-12-10-22-14-16-26-2/h3-8H,9-16H2,1-2H3. The summed E-state index contributed by atoms with van der Waals surface area (Å²) in [6.07, 6.45) is 4.15. The van der Waals surface area contributed by atoms with Gasteiger partial charge in [-0.1, -0.05) is 24.3 Å². The van der Waals surface area contributed by atoms with Gasteiger partial charge in [0, 0.05) is 22.3 Å². The molecule has 6 heteroatoms. The molecule has 2 aromatic carbocycles. The molecule has 2 rings (SSSR count). The van der Waals surface area contributed by atoms with E-state index >= 15 is 0 Å². The largest absolute Gasteiger partial charge is 0.491 e. The van der Waals surface area contributed by atoms with Gasteiger partial charge in [-0.05, 0) is 24.6 Å². The molecule has 0 fully saturated rings. The summed E-state index contributed by atoms with van der Waals surface area (Å²) in [6, 6.07) is 12.1. The summed E-state index contributed by atoms with van der Waals surface area (Å²) in [5.74, 6) is 3.74. The lowest BCUT2D eigenvalue weighted by Crippen LogP contribution is -2.09. The van der Waals surface area contributed by atoms with Crippen molar-refractivity contribution in [2.24, 2.45) is 0 Å². The third-order valence-electron chi connectivity index (χ3n) is 3.68. The molecule has 0 bridgehead atoms. The first-order chi connectivity index (χ1) is 12.9. The van der Waals surface area contributed by atoms with E-state index in [1.165, 1.54) is 0 Å². The van der Waals surface area contributed by atoms with Gasteiger partial charge in [-0.2, -0.15) is 23.5 Å². The third-order valence-corrected chi connectivity index (χ3v) is 4.83. The predicted octanol–water partition coefficient (Wildman–Crippen LogP) is 4.36. The molecule has 0 aliphatic rings. The minimum Gasteiger partial charge on any atom is -0.491 e. The van der Waals surface area contributed by atoms with E-state index in [9.17, 15) is 0 Å². The SMILES string of the molecule is CSCCOCCOc1cccc2c(OCCOCCSC)cccc12. The third kappa shape index (κ3) is 7.27. The van der Waals surface area contributed by atoms with Crippen LogP contribution in [0.5, 0.6) is 11.5 Å². The second kappa shape index (κ2) is 13.1. The van der Waals surface area contributed by atoms with E-state index in [0.717, 1.165) is 47.0 Å². The van der Waals surface area contributed by atoms with Crippen LogP contribution in [0.15, 0.2) is 36.4 Å². The Morgan fingerprint density at radius 2 is 1.08 bits per heavy atom. The fourth-order valence-corrected chi connectivity index (χ4v) is 2.98. The Morgan fingerprint density at radius 1 is 0.615 bits per heavy atom. The van der Waals surface area contributed by atoms with Crippen LogP contribution in [0, 0.1) is 0 Å². The summed E-state index contributed by atoms with van der Waals surface area (Å²) in [5.41, 5.74) is 0. The molecule has 0 aliphatic heterocycles. The normalized spacial score (nSPS) is 11.0. The lowest BCUT2D eigenvalue weighted by atomic mass is 10.1. The molecule has 0 heterocycles. The molecule has 144 valence electrons. The van der Waals surface area contributed by atoms with E-state index in [1.54, 1.807) is 23.5 Å². The zero-order valence-corrected chi connectivity index (χ0v) is 17.2. The van der Waals surface area contributed by atoms with Gasteiger partial charge in [0.2, 0.25) is 0 Å². The Balaban J connectivity index is 1.88. The number of benzene rings is 2. The lowest BCUT2D eigenvalue weighted by molar-refractivity contribution is 0.112. The maximum Gasteiger partial charge on any atom is 0.127 e. The maximum atomic E-state index is 5.91. The number of ether oxygens (including phenoxy) is 4. The van der Waals surface area contributed by atoms with Gasteiger partial charge in [0.15, 0.2) is 0 Å². The van der Waals surface area contributed by atoms with E-state index in [-0.39, 0.29) is 0 Å². The van der Waals surface area contributed by atoms with E-state index < -0.39 is 0 Å². The minimum atomic E-state index is 0.544. The van der Waals surface area contributed by atoms with Crippen molar-refractivity contribution in [3.8, 4) is 11.5 Å². The number of thioether (sulfide) groups is 2. The first kappa shape index (κ1) is 21.2. The van der Waals surface area contributed by atoms with Gasteiger partial charge in [0.1, 0.15) is 24.7 Å². The van der Waals surface area contributed by atoms with Crippen LogP contribution in [-0.2, 0) is 9.47 Å². The van der Waals surface area contributed by atoms with E-state index in [4.69, 9.17) is 18.9 Å². The molecule has 0 aromatic heterocycles. The number of fused-ring (bicyclic) bond motifs is 1. The van der Waals surface area contributed by atoms with E-state index in [0.29, 0.717) is 26.4 Å². The van der Waals surface area contributed by atoms with Crippen LogP contribution in [0.3, 0.4) is 0 Å². The highest BCUT2D eigenvalue weighted by Crippen LogP contribution is 2.32. The summed E-state index contributed by atoms with van der Waals surface area (Å²) in [6.45, 7) is 3.80. The summed E-state index contributed by atoms with van der Waals surface area (Å²) in [5, 5.41) is 2.11. The van der Waals surface area contributed by atoms with Crippen molar-refractivity contribution in [2.45, 2.75) is 0 Å². The summed E-state index contributed by atoms with van der Waals surface area (Å²) >= 11 is 3.56. The first-order valence-electron chi connectivity index (χ1n) is 8.77. The molecule has 0 saturated heterocycles. The molecule has 26 heavy (non-hydrogen) atoms. The van der Waals surface area contributed by atoms with Gasteiger partial charge < -0.3 is 18.9 Å². The maximum absolute atomic E-state index is 5.91. The van der Waals surface area contributed by atoms with E-state index in [1.807, 2.05) is 24.3 Å². The number of hydrogen-bond donors (Lipinski definition) is 0. The van der Waals surface area contributed by atoms with Crippen molar-refractivity contribution in [3.63, 3.8) is 0 Å². The summed E-state index contributed by atoms with van der Waals surface area (Å²) < 4.78 is 22.9. The van der Waals surface area contributed by atoms with Crippen molar-refractivity contribution >= 4 is 34.3 Å². The molecule has 0 spiro atoms. The Morgan fingerprint density at radius 3 is 1.50 bits per heavy atom. The average molecular weight is 397 g/mol. The van der Waals surface area contributed by atoms with E-state index in [2.05, 4.69) is 24.6 Å². The molecule has 2 aromatic rings. The minimum absolute atomic E-state index is 0.544. The van der Waals surface area contributed by atoms with Crippen LogP contribution in [0.1, 0.15) is 0 Å². The molecule has 0 saturated carbocycles. The zero-order valence-electron chi connectivity index (χ0n) is 15.6. The van der Waals surface area contributed by atoms with Crippen LogP contribution < -0.4 is 9.47 Å². The lowest BCUT2D eigenvalue weighted by Gasteiger charge is -2.13. The quantitative estimate of drug-likeness (QED) is 0.442. The van der Waals surface area contributed by atoms with Crippen LogP contribution in [0.2, 0.25) is 0 Å². The van der Waals surface area contributed by atoms with Crippen molar-refractivity contribution < 1.29 is 18.9 Å². The van der Waals surface area contributed by atoms with Gasteiger partial charge in [-0.25, -0.2) is 0 Å². The molecule has 0 aliphatic carbocycles. The highest BCUT2D eigenvalue weighted by Gasteiger charge is 2.07. The molecule has 0 atom stereocenters. The predicted molar refractivity (Wildman–Crippen MR) is 113 cm³/mol.